The van der Waals surface area contributed by atoms with E-state index in [0.29, 0.717) is 5.56 Å². The lowest BCUT2D eigenvalue weighted by atomic mass is 9.75. The fraction of sp³-hybridized carbons (Fsp3) is 0.529. The number of benzene rings is 1. The molecule has 1 saturated heterocycles. The van der Waals surface area contributed by atoms with Gasteiger partial charge < -0.3 is 10.1 Å². The maximum absolute atomic E-state index is 13.6. The average molecular weight is 305 g/mol. The van der Waals surface area contributed by atoms with Gasteiger partial charge in [0.1, 0.15) is 11.4 Å². The van der Waals surface area contributed by atoms with Crippen molar-refractivity contribution in [3.63, 3.8) is 0 Å². The van der Waals surface area contributed by atoms with Crippen LogP contribution in [0.25, 0.3) is 0 Å². The molecule has 1 aromatic carbocycles. The smallest absolute Gasteiger partial charge is 0.307 e. The van der Waals surface area contributed by atoms with Crippen molar-refractivity contribution in [2.45, 2.75) is 50.7 Å². The minimum atomic E-state index is -0.630. The summed E-state index contributed by atoms with van der Waals surface area (Å²) in [7, 11) is 0. The molecule has 0 radical (unpaired) electrons. The molecule has 118 valence electrons. The molecule has 22 heavy (non-hydrogen) atoms. The van der Waals surface area contributed by atoms with Gasteiger partial charge in [0.05, 0.1) is 12.3 Å². The highest BCUT2D eigenvalue weighted by Gasteiger charge is 2.52. The van der Waals surface area contributed by atoms with Crippen molar-refractivity contribution >= 4 is 11.9 Å². The molecular formula is C17H20FNO3. The zero-order valence-corrected chi connectivity index (χ0v) is 12.4. The Morgan fingerprint density at radius 1 is 1.27 bits per heavy atom. The van der Waals surface area contributed by atoms with Crippen LogP contribution in [0.3, 0.4) is 0 Å². The van der Waals surface area contributed by atoms with Crippen LogP contribution in [0, 0.1) is 11.7 Å². The first-order chi connectivity index (χ1) is 10.6. The number of esters is 1. The van der Waals surface area contributed by atoms with E-state index in [4.69, 9.17) is 4.74 Å². The number of carbonyl (C=O) groups excluding carboxylic acids is 2. The summed E-state index contributed by atoms with van der Waals surface area (Å²) >= 11 is 0. The minimum absolute atomic E-state index is 0.128. The summed E-state index contributed by atoms with van der Waals surface area (Å²) in [5.74, 6) is -1.30. The maximum atomic E-state index is 13.6. The molecule has 1 heterocycles. The Hall–Kier alpha value is -1.91. The topological polar surface area (TPSA) is 55.4 Å². The largest absolute Gasteiger partial charge is 0.458 e. The number of halogens is 1. The van der Waals surface area contributed by atoms with Crippen molar-refractivity contribution in [2.75, 3.05) is 0 Å². The Kier molecular flexibility index (Phi) is 4.14. The fourth-order valence-corrected chi connectivity index (χ4v) is 3.57. The van der Waals surface area contributed by atoms with Crippen molar-refractivity contribution in [3.05, 3.63) is 35.6 Å². The molecule has 1 saturated carbocycles. The molecule has 0 aromatic heterocycles. The Bertz CT molecular complexity index is 581. The highest BCUT2D eigenvalue weighted by atomic mass is 19.1. The molecular weight excluding hydrogens is 285 g/mol. The molecule has 4 nitrogen and oxygen atoms in total. The average Bonchev–Trinajstić information content (AvgIpc) is 2.83. The van der Waals surface area contributed by atoms with Crippen LogP contribution < -0.4 is 5.32 Å². The molecule has 1 aromatic rings. The first kappa shape index (κ1) is 15.0. The van der Waals surface area contributed by atoms with E-state index < -0.39 is 11.5 Å². The summed E-state index contributed by atoms with van der Waals surface area (Å²) in [6.45, 7) is 0.131. The van der Waals surface area contributed by atoms with Crippen LogP contribution in [0.15, 0.2) is 24.3 Å². The maximum Gasteiger partial charge on any atom is 0.307 e. The Labute approximate surface area is 129 Å². The van der Waals surface area contributed by atoms with Gasteiger partial charge >= 0.3 is 5.97 Å². The van der Waals surface area contributed by atoms with Crippen molar-refractivity contribution in [1.29, 1.82) is 0 Å². The molecule has 1 aliphatic carbocycles. The summed E-state index contributed by atoms with van der Waals surface area (Å²) in [4.78, 5) is 24.2. The fourth-order valence-electron chi connectivity index (χ4n) is 3.57. The predicted molar refractivity (Wildman–Crippen MR) is 78.3 cm³/mol. The minimum Gasteiger partial charge on any atom is -0.458 e. The van der Waals surface area contributed by atoms with Gasteiger partial charge in [0.2, 0.25) is 5.91 Å². The van der Waals surface area contributed by atoms with Crippen molar-refractivity contribution in [1.82, 2.24) is 5.32 Å². The molecule has 0 unspecified atom stereocenters. The summed E-state index contributed by atoms with van der Waals surface area (Å²) < 4.78 is 19.1. The van der Waals surface area contributed by atoms with Gasteiger partial charge in [-0.25, -0.2) is 4.39 Å². The van der Waals surface area contributed by atoms with Crippen LogP contribution >= 0.6 is 0 Å². The summed E-state index contributed by atoms with van der Waals surface area (Å²) in [6.07, 6.45) is 4.69. The third-order valence-electron chi connectivity index (χ3n) is 4.75. The lowest BCUT2D eigenvalue weighted by Gasteiger charge is -2.36. The van der Waals surface area contributed by atoms with Gasteiger partial charge in [-0.15, -0.1) is 0 Å². The third-order valence-corrected chi connectivity index (χ3v) is 4.75. The highest BCUT2D eigenvalue weighted by molar-refractivity contribution is 5.87. The van der Waals surface area contributed by atoms with E-state index >= 15 is 0 Å². The quantitative estimate of drug-likeness (QED) is 0.874. The number of amides is 1. The molecule has 1 spiro atoms. The van der Waals surface area contributed by atoms with E-state index in [1.54, 1.807) is 18.2 Å². The van der Waals surface area contributed by atoms with Crippen molar-refractivity contribution in [2.24, 2.45) is 5.92 Å². The number of hydrogen-bond acceptors (Lipinski definition) is 3. The van der Waals surface area contributed by atoms with Gasteiger partial charge in [-0.05, 0) is 31.7 Å². The zero-order valence-electron chi connectivity index (χ0n) is 12.4. The van der Waals surface area contributed by atoms with Crippen molar-refractivity contribution < 1.29 is 18.7 Å². The molecule has 1 amide bonds. The summed E-state index contributed by atoms with van der Waals surface area (Å²) in [5.41, 5.74) is -0.187. The Morgan fingerprint density at radius 2 is 2.00 bits per heavy atom. The molecule has 2 fully saturated rings. The normalized spacial score (nSPS) is 23.3. The monoisotopic (exact) mass is 305 g/mol. The Morgan fingerprint density at radius 3 is 2.73 bits per heavy atom. The lowest BCUT2D eigenvalue weighted by molar-refractivity contribution is -0.153. The first-order valence-electron chi connectivity index (χ1n) is 7.84. The number of carbonyl (C=O) groups is 2. The van der Waals surface area contributed by atoms with Gasteiger partial charge in [-0.2, -0.15) is 0 Å². The van der Waals surface area contributed by atoms with Gasteiger partial charge in [0.15, 0.2) is 0 Å². The van der Waals surface area contributed by atoms with Gasteiger partial charge in [0.25, 0.3) is 0 Å². The Balaban J connectivity index is 1.68. The van der Waals surface area contributed by atoms with E-state index in [1.807, 2.05) is 0 Å². The number of rotatable bonds is 3. The van der Waals surface area contributed by atoms with E-state index in [1.165, 1.54) is 6.07 Å². The van der Waals surface area contributed by atoms with Crippen LogP contribution in [-0.4, -0.2) is 17.5 Å². The number of nitrogens with one attached hydrogen (secondary N) is 1. The number of ether oxygens (including phenoxy) is 1. The van der Waals surface area contributed by atoms with Crippen LogP contribution in [0.1, 0.15) is 44.1 Å². The second-order valence-electron chi connectivity index (χ2n) is 6.17. The molecule has 2 aliphatic rings. The number of hydrogen-bond donors (Lipinski definition) is 1. The summed E-state index contributed by atoms with van der Waals surface area (Å²) in [5, 5.41) is 2.76. The van der Waals surface area contributed by atoms with E-state index in [2.05, 4.69) is 5.32 Å². The van der Waals surface area contributed by atoms with E-state index in [0.717, 1.165) is 32.1 Å². The van der Waals surface area contributed by atoms with Crippen LogP contribution in [0.5, 0.6) is 0 Å². The van der Waals surface area contributed by atoms with E-state index in [9.17, 15) is 14.0 Å². The van der Waals surface area contributed by atoms with Crippen LogP contribution in [-0.2, 0) is 20.9 Å². The molecule has 3 rings (SSSR count). The van der Waals surface area contributed by atoms with Crippen LogP contribution in [0.4, 0.5) is 4.39 Å². The van der Waals surface area contributed by atoms with Gasteiger partial charge in [0, 0.05) is 12.1 Å². The highest BCUT2D eigenvalue weighted by Crippen LogP contribution is 2.44. The molecule has 1 atom stereocenters. The lowest BCUT2D eigenvalue weighted by Crippen LogP contribution is -2.45. The van der Waals surface area contributed by atoms with E-state index in [-0.39, 0.29) is 30.7 Å². The SMILES string of the molecule is O=C1C[C@@H](C(=O)NCc2ccccc2F)C2(CCCCC2)O1. The zero-order chi connectivity index (χ0) is 15.6. The molecule has 5 heteroatoms. The van der Waals surface area contributed by atoms with Gasteiger partial charge in [-0.1, -0.05) is 24.6 Å². The third kappa shape index (κ3) is 2.85. The second kappa shape index (κ2) is 6.07. The molecule has 1 aliphatic heterocycles. The van der Waals surface area contributed by atoms with Crippen LogP contribution in [0.2, 0.25) is 0 Å². The molecule has 0 bridgehead atoms. The predicted octanol–water partition coefficient (Wildman–Crippen LogP) is 2.71. The van der Waals surface area contributed by atoms with Gasteiger partial charge in [-0.3, -0.25) is 9.59 Å². The summed E-state index contributed by atoms with van der Waals surface area (Å²) in [6, 6.07) is 6.35. The first-order valence-corrected chi connectivity index (χ1v) is 7.84. The standard InChI is InChI=1S/C17H20FNO3/c18-14-7-3-2-6-12(14)11-19-16(21)13-10-15(20)22-17(13)8-4-1-5-9-17/h2-3,6-7,13H,1,4-5,8-11H2,(H,19,21)/t13-/m0/s1. The van der Waals surface area contributed by atoms with Crippen molar-refractivity contribution in [3.8, 4) is 0 Å². The molecule has 1 N–H and O–H groups in total. The second-order valence-corrected chi connectivity index (χ2v) is 6.17.